The lowest BCUT2D eigenvalue weighted by atomic mass is 10.2. The Morgan fingerprint density at radius 2 is 2.12 bits per heavy atom. The van der Waals surface area contributed by atoms with Crippen molar-refractivity contribution in [3.63, 3.8) is 0 Å². The predicted molar refractivity (Wildman–Crippen MR) is 68.1 cm³/mol. The Kier molecular flexibility index (Phi) is 3.15. The van der Waals surface area contributed by atoms with Crippen LogP contribution in [0.15, 0.2) is 30.5 Å². The number of aromatic nitrogens is 1. The molecule has 0 unspecified atom stereocenters. The first-order valence-electron chi connectivity index (χ1n) is 5.00. The zero-order chi connectivity index (χ0) is 12.4. The van der Waals surface area contributed by atoms with E-state index in [1.54, 1.807) is 24.4 Å². The molecule has 0 atom stereocenters. The van der Waals surface area contributed by atoms with Gasteiger partial charge in [0.1, 0.15) is 5.82 Å². The van der Waals surface area contributed by atoms with Crippen LogP contribution in [-0.4, -0.2) is 4.98 Å². The monoisotopic (exact) mass is 251 g/mol. The van der Waals surface area contributed by atoms with Gasteiger partial charge in [0.2, 0.25) is 0 Å². The summed E-state index contributed by atoms with van der Waals surface area (Å²) in [5, 5.41) is 3.17. The van der Waals surface area contributed by atoms with Crippen molar-refractivity contribution in [3.05, 3.63) is 46.9 Å². The molecule has 17 heavy (non-hydrogen) atoms. The Morgan fingerprint density at radius 3 is 2.76 bits per heavy atom. The summed E-state index contributed by atoms with van der Waals surface area (Å²) in [6.45, 7) is 1.88. The van der Waals surface area contributed by atoms with Crippen LogP contribution in [0.2, 0.25) is 5.02 Å². The Balaban J connectivity index is 2.31. The lowest BCUT2D eigenvalue weighted by Gasteiger charge is -2.09. The van der Waals surface area contributed by atoms with Crippen LogP contribution in [0.3, 0.4) is 0 Å². The predicted octanol–water partition coefficient (Wildman–Crippen LogP) is 3.51. The number of anilines is 3. The molecule has 2 rings (SSSR count). The van der Waals surface area contributed by atoms with Crippen LogP contribution >= 0.6 is 11.6 Å². The fraction of sp³-hybridized carbons (Fsp3) is 0.0833. The van der Waals surface area contributed by atoms with E-state index in [0.29, 0.717) is 16.5 Å². The van der Waals surface area contributed by atoms with E-state index in [4.69, 9.17) is 17.3 Å². The van der Waals surface area contributed by atoms with Crippen molar-refractivity contribution >= 4 is 28.8 Å². The standard InChI is InChI=1S/C12H11ClFN3/c1-7-4-10(15)12(16-6-7)17-11-3-2-8(13)5-9(11)14/h2-6H,15H2,1H3,(H,16,17). The van der Waals surface area contributed by atoms with E-state index in [9.17, 15) is 4.39 Å². The minimum Gasteiger partial charge on any atom is -0.396 e. The number of nitrogens with one attached hydrogen (secondary N) is 1. The zero-order valence-electron chi connectivity index (χ0n) is 9.17. The van der Waals surface area contributed by atoms with Gasteiger partial charge in [0.15, 0.2) is 5.82 Å². The van der Waals surface area contributed by atoms with Gasteiger partial charge in [-0.15, -0.1) is 0 Å². The fourth-order valence-electron chi connectivity index (χ4n) is 1.41. The third kappa shape index (κ3) is 2.65. The van der Waals surface area contributed by atoms with Crippen molar-refractivity contribution in [2.45, 2.75) is 6.92 Å². The van der Waals surface area contributed by atoms with Gasteiger partial charge >= 0.3 is 0 Å². The molecule has 0 radical (unpaired) electrons. The SMILES string of the molecule is Cc1cnc(Nc2ccc(Cl)cc2F)c(N)c1. The molecule has 3 N–H and O–H groups in total. The van der Waals surface area contributed by atoms with Crippen LogP contribution in [0.5, 0.6) is 0 Å². The van der Waals surface area contributed by atoms with Crippen molar-refractivity contribution in [2.24, 2.45) is 0 Å². The van der Waals surface area contributed by atoms with Crippen LogP contribution in [0.25, 0.3) is 0 Å². The van der Waals surface area contributed by atoms with E-state index in [1.807, 2.05) is 6.92 Å². The van der Waals surface area contributed by atoms with Crippen molar-refractivity contribution in [1.29, 1.82) is 0 Å². The van der Waals surface area contributed by atoms with Gasteiger partial charge in [-0.05, 0) is 36.8 Å². The highest BCUT2D eigenvalue weighted by Crippen LogP contribution is 2.25. The molecule has 0 aliphatic rings. The Morgan fingerprint density at radius 1 is 1.35 bits per heavy atom. The number of hydrogen-bond donors (Lipinski definition) is 2. The van der Waals surface area contributed by atoms with Crippen LogP contribution in [0.1, 0.15) is 5.56 Å². The van der Waals surface area contributed by atoms with Crippen LogP contribution in [-0.2, 0) is 0 Å². The van der Waals surface area contributed by atoms with Gasteiger partial charge in [-0.3, -0.25) is 0 Å². The van der Waals surface area contributed by atoms with Crippen molar-refractivity contribution in [3.8, 4) is 0 Å². The third-order valence-electron chi connectivity index (χ3n) is 2.24. The van der Waals surface area contributed by atoms with Crippen molar-refractivity contribution in [2.75, 3.05) is 11.1 Å². The molecule has 5 heteroatoms. The number of aryl methyl sites for hydroxylation is 1. The second-order valence-electron chi connectivity index (χ2n) is 3.70. The number of hydrogen-bond acceptors (Lipinski definition) is 3. The normalized spacial score (nSPS) is 10.3. The highest BCUT2D eigenvalue weighted by atomic mass is 35.5. The summed E-state index contributed by atoms with van der Waals surface area (Å²) in [7, 11) is 0. The maximum absolute atomic E-state index is 13.5. The van der Waals surface area contributed by atoms with Gasteiger partial charge in [-0.25, -0.2) is 9.37 Å². The minimum absolute atomic E-state index is 0.289. The average Bonchev–Trinajstić information content (AvgIpc) is 2.25. The molecule has 0 fully saturated rings. The third-order valence-corrected chi connectivity index (χ3v) is 2.47. The lowest BCUT2D eigenvalue weighted by molar-refractivity contribution is 0.632. The molecular weight excluding hydrogens is 241 g/mol. The highest BCUT2D eigenvalue weighted by Gasteiger charge is 2.06. The molecule has 0 spiro atoms. The van der Waals surface area contributed by atoms with Crippen LogP contribution in [0, 0.1) is 12.7 Å². The molecule has 0 aliphatic heterocycles. The summed E-state index contributed by atoms with van der Waals surface area (Å²) in [6, 6.07) is 6.13. The maximum Gasteiger partial charge on any atom is 0.153 e. The summed E-state index contributed by atoms with van der Waals surface area (Å²) >= 11 is 5.66. The molecule has 3 nitrogen and oxygen atoms in total. The van der Waals surface area contributed by atoms with E-state index in [-0.39, 0.29) is 5.69 Å². The molecule has 0 saturated carbocycles. The van der Waals surface area contributed by atoms with Gasteiger partial charge in [-0.1, -0.05) is 11.6 Å². The van der Waals surface area contributed by atoms with E-state index >= 15 is 0 Å². The highest BCUT2D eigenvalue weighted by molar-refractivity contribution is 6.30. The second-order valence-corrected chi connectivity index (χ2v) is 4.14. The minimum atomic E-state index is -0.445. The van der Waals surface area contributed by atoms with Crippen LogP contribution < -0.4 is 11.1 Å². The molecular formula is C12H11ClFN3. The number of halogens is 2. The molecule has 0 saturated heterocycles. The fourth-order valence-corrected chi connectivity index (χ4v) is 1.57. The number of rotatable bonds is 2. The summed E-state index contributed by atoms with van der Waals surface area (Å²) in [5.74, 6) is -0.0175. The molecule has 0 aliphatic carbocycles. The Labute approximate surface area is 103 Å². The van der Waals surface area contributed by atoms with Gasteiger partial charge < -0.3 is 11.1 Å². The molecule has 1 heterocycles. The Bertz CT molecular complexity index is 508. The number of pyridine rings is 1. The van der Waals surface area contributed by atoms with Crippen molar-refractivity contribution < 1.29 is 4.39 Å². The van der Waals surface area contributed by atoms with E-state index < -0.39 is 5.82 Å². The van der Waals surface area contributed by atoms with Gasteiger partial charge in [0, 0.05) is 11.2 Å². The Hall–Kier alpha value is -1.81. The van der Waals surface area contributed by atoms with E-state index in [1.165, 1.54) is 6.07 Å². The van der Waals surface area contributed by atoms with Gasteiger partial charge in [0.05, 0.1) is 11.4 Å². The number of nitrogens with zero attached hydrogens (tertiary/aromatic N) is 1. The molecule has 88 valence electrons. The zero-order valence-corrected chi connectivity index (χ0v) is 9.92. The average molecular weight is 252 g/mol. The van der Waals surface area contributed by atoms with E-state index in [0.717, 1.165) is 5.56 Å². The molecule has 1 aromatic heterocycles. The first-order chi connectivity index (χ1) is 8.06. The molecule has 2 aromatic rings. The number of nitrogens with two attached hydrogens (primary N) is 1. The quantitative estimate of drug-likeness (QED) is 0.859. The number of nitrogen functional groups attached to an aromatic ring is 1. The molecule has 0 amide bonds. The van der Waals surface area contributed by atoms with Gasteiger partial charge in [0.25, 0.3) is 0 Å². The molecule has 1 aromatic carbocycles. The smallest absolute Gasteiger partial charge is 0.153 e. The summed E-state index contributed by atoms with van der Waals surface area (Å²) < 4.78 is 13.5. The summed E-state index contributed by atoms with van der Waals surface area (Å²) in [4.78, 5) is 4.10. The summed E-state index contributed by atoms with van der Waals surface area (Å²) in [5.41, 5.74) is 7.49. The first-order valence-corrected chi connectivity index (χ1v) is 5.38. The topological polar surface area (TPSA) is 50.9 Å². The van der Waals surface area contributed by atoms with Crippen molar-refractivity contribution in [1.82, 2.24) is 4.98 Å². The lowest BCUT2D eigenvalue weighted by Crippen LogP contribution is -2.01. The first kappa shape index (κ1) is 11.7. The maximum atomic E-state index is 13.5. The number of benzene rings is 1. The van der Waals surface area contributed by atoms with E-state index in [2.05, 4.69) is 10.3 Å². The van der Waals surface area contributed by atoms with Crippen LogP contribution in [0.4, 0.5) is 21.6 Å². The summed E-state index contributed by atoms with van der Waals surface area (Å²) in [6.07, 6.45) is 1.66. The second kappa shape index (κ2) is 4.59. The van der Waals surface area contributed by atoms with Gasteiger partial charge in [-0.2, -0.15) is 0 Å². The largest absolute Gasteiger partial charge is 0.396 e. The molecule has 0 bridgehead atoms.